The molecule has 2 fully saturated rings. The van der Waals surface area contributed by atoms with Crippen LogP contribution in [0.5, 0.6) is 0 Å². The molecule has 4 atom stereocenters. The summed E-state index contributed by atoms with van der Waals surface area (Å²) in [4.78, 5) is 29.8. The summed E-state index contributed by atoms with van der Waals surface area (Å²) < 4.78 is 0. The number of carbonyl (C=O) groups excluding carboxylic acids is 2. The number of piperazine rings is 1. The van der Waals surface area contributed by atoms with Crippen molar-refractivity contribution >= 4 is 17.5 Å². The lowest BCUT2D eigenvalue weighted by Crippen LogP contribution is -2.56. The Morgan fingerprint density at radius 1 is 1.10 bits per heavy atom. The zero-order valence-corrected chi connectivity index (χ0v) is 19.9. The van der Waals surface area contributed by atoms with E-state index in [2.05, 4.69) is 47.3 Å². The van der Waals surface area contributed by atoms with E-state index in [9.17, 15) is 9.59 Å². The van der Waals surface area contributed by atoms with Crippen LogP contribution in [0.4, 0.5) is 5.69 Å². The van der Waals surface area contributed by atoms with Crippen molar-refractivity contribution in [1.29, 1.82) is 0 Å². The van der Waals surface area contributed by atoms with E-state index in [1.165, 1.54) is 18.4 Å². The van der Waals surface area contributed by atoms with Gasteiger partial charge in [0.15, 0.2) is 0 Å². The normalized spacial score (nSPS) is 26.3. The van der Waals surface area contributed by atoms with Gasteiger partial charge in [0, 0.05) is 37.9 Å². The van der Waals surface area contributed by atoms with Crippen molar-refractivity contribution in [1.82, 2.24) is 15.1 Å². The number of benzene rings is 1. The number of nitrogens with zero attached hydrogens (tertiary/aromatic N) is 2. The number of anilines is 1. The molecular weight excluding hydrogens is 388 g/mol. The number of carbonyl (C=O) groups is 2. The van der Waals surface area contributed by atoms with Crippen LogP contribution in [0.2, 0.25) is 0 Å². The van der Waals surface area contributed by atoms with Crippen LogP contribution in [0.25, 0.3) is 0 Å². The maximum atomic E-state index is 12.9. The van der Waals surface area contributed by atoms with E-state index in [-0.39, 0.29) is 17.9 Å². The Morgan fingerprint density at radius 3 is 2.52 bits per heavy atom. The van der Waals surface area contributed by atoms with E-state index in [1.807, 2.05) is 26.0 Å². The summed E-state index contributed by atoms with van der Waals surface area (Å²) in [5.74, 6) is 1.38. The molecule has 1 aliphatic heterocycles. The van der Waals surface area contributed by atoms with Gasteiger partial charge in [0.25, 0.3) is 0 Å². The minimum Gasteiger partial charge on any atom is -0.352 e. The molecule has 1 aromatic rings. The van der Waals surface area contributed by atoms with Crippen LogP contribution in [0.1, 0.15) is 51.2 Å². The van der Waals surface area contributed by atoms with E-state index < -0.39 is 0 Å². The van der Waals surface area contributed by atoms with Gasteiger partial charge in [0.05, 0.1) is 12.6 Å². The number of amides is 2. The molecule has 3 rings (SSSR count). The van der Waals surface area contributed by atoms with Gasteiger partial charge in [0.1, 0.15) is 0 Å². The summed E-state index contributed by atoms with van der Waals surface area (Å²) in [7, 11) is 0. The number of hydrogen-bond acceptors (Lipinski definition) is 4. The average Bonchev–Trinajstić information content (AvgIpc) is 2.74. The van der Waals surface area contributed by atoms with E-state index in [1.54, 1.807) is 0 Å². The Kier molecular flexibility index (Phi) is 8.11. The summed E-state index contributed by atoms with van der Waals surface area (Å²) in [5.41, 5.74) is 3.18. The van der Waals surface area contributed by atoms with Gasteiger partial charge in [-0.1, -0.05) is 38.8 Å². The topological polar surface area (TPSA) is 64.7 Å². The molecule has 1 heterocycles. The fraction of sp³-hybridized carbons (Fsp3) is 0.680. The maximum Gasteiger partial charge on any atom is 0.238 e. The zero-order valence-electron chi connectivity index (χ0n) is 19.9. The second-order valence-electron chi connectivity index (χ2n) is 9.67. The summed E-state index contributed by atoms with van der Waals surface area (Å²) in [6.45, 7) is 14.3. The minimum atomic E-state index is -0.129. The van der Waals surface area contributed by atoms with Gasteiger partial charge < -0.3 is 10.6 Å². The first-order valence-corrected chi connectivity index (χ1v) is 11.9. The maximum absolute atomic E-state index is 12.9. The molecule has 1 saturated carbocycles. The highest BCUT2D eigenvalue weighted by molar-refractivity contribution is 5.93. The van der Waals surface area contributed by atoms with Crippen molar-refractivity contribution in [2.45, 2.75) is 66.0 Å². The quantitative estimate of drug-likeness (QED) is 0.730. The van der Waals surface area contributed by atoms with Gasteiger partial charge in [-0.3, -0.25) is 19.4 Å². The third-order valence-corrected chi connectivity index (χ3v) is 7.61. The number of nitrogens with one attached hydrogen (secondary N) is 2. The van der Waals surface area contributed by atoms with Crippen LogP contribution >= 0.6 is 0 Å². The predicted molar refractivity (Wildman–Crippen MR) is 126 cm³/mol. The standard InChI is InChI=1S/C25H40N4O2/c1-17-8-6-10-22(19(17)3)26-24(30)16-28-12-14-29(15-13-28)21(5)25(31)27-23-11-7-9-18(2)20(23)4/h6,8,10,18,20-21,23H,7,9,11-16H2,1-5H3,(H,26,30)(H,27,31)/t18-,20-,21-,23+/m0/s1. The summed E-state index contributed by atoms with van der Waals surface area (Å²) in [5, 5.41) is 6.36. The SMILES string of the molecule is Cc1cccc(NC(=O)CN2CCN([C@@H](C)C(=O)N[C@@H]3CCC[C@H](C)[C@@H]3C)CC2)c1C. The molecule has 1 aromatic carbocycles. The first-order valence-electron chi connectivity index (χ1n) is 11.9. The van der Waals surface area contributed by atoms with Crippen LogP contribution < -0.4 is 10.6 Å². The smallest absolute Gasteiger partial charge is 0.238 e. The predicted octanol–water partition coefficient (Wildman–Crippen LogP) is 3.19. The number of rotatable bonds is 6. The van der Waals surface area contributed by atoms with Gasteiger partial charge in [0.2, 0.25) is 11.8 Å². The molecule has 31 heavy (non-hydrogen) atoms. The number of aryl methyl sites for hydroxylation is 1. The van der Waals surface area contributed by atoms with Crippen molar-refractivity contribution in [2.24, 2.45) is 11.8 Å². The van der Waals surface area contributed by atoms with Crippen LogP contribution in [0.15, 0.2) is 18.2 Å². The van der Waals surface area contributed by atoms with E-state index >= 15 is 0 Å². The van der Waals surface area contributed by atoms with Crippen molar-refractivity contribution in [3.8, 4) is 0 Å². The van der Waals surface area contributed by atoms with E-state index in [0.29, 0.717) is 24.4 Å². The van der Waals surface area contributed by atoms with Gasteiger partial charge in [-0.05, 0) is 56.2 Å². The zero-order chi connectivity index (χ0) is 22.5. The average molecular weight is 429 g/mol. The lowest BCUT2D eigenvalue weighted by molar-refractivity contribution is -0.128. The van der Waals surface area contributed by atoms with Crippen LogP contribution in [-0.4, -0.2) is 66.4 Å². The van der Waals surface area contributed by atoms with Crippen LogP contribution in [0.3, 0.4) is 0 Å². The number of hydrogen-bond donors (Lipinski definition) is 2. The molecule has 172 valence electrons. The van der Waals surface area contributed by atoms with Gasteiger partial charge in [-0.25, -0.2) is 0 Å². The fourth-order valence-corrected chi connectivity index (χ4v) is 4.84. The highest BCUT2D eigenvalue weighted by Crippen LogP contribution is 2.29. The summed E-state index contributed by atoms with van der Waals surface area (Å²) in [6.07, 6.45) is 3.56. The van der Waals surface area contributed by atoms with Gasteiger partial charge in [-0.2, -0.15) is 0 Å². The Bertz CT molecular complexity index is 773. The lowest BCUT2D eigenvalue weighted by atomic mass is 9.78. The molecule has 6 nitrogen and oxygen atoms in total. The van der Waals surface area contributed by atoms with Crippen LogP contribution in [-0.2, 0) is 9.59 Å². The Morgan fingerprint density at radius 2 is 1.81 bits per heavy atom. The molecule has 2 N–H and O–H groups in total. The van der Waals surface area contributed by atoms with Crippen molar-refractivity contribution in [3.05, 3.63) is 29.3 Å². The molecule has 1 saturated heterocycles. The summed E-state index contributed by atoms with van der Waals surface area (Å²) in [6, 6.07) is 6.14. The molecule has 6 heteroatoms. The summed E-state index contributed by atoms with van der Waals surface area (Å²) >= 11 is 0. The van der Waals surface area contributed by atoms with Gasteiger partial charge in [-0.15, -0.1) is 0 Å². The third kappa shape index (κ3) is 6.07. The van der Waals surface area contributed by atoms with Crippen molar-refractivity contribution in [3.63, 3.8) is 0 Å². The molecule has 2 amide bonds. The molecule has 0 spiro atoms. The highest BCUT2D eigenvalue weighted by atomic mass is 16.2. The molecule has 1 aliphatic carbocycles. The molecule has 0 bridgehead atoms. The molecule has 0 unspecified atom stereocenters. The Labute approximate surface area is 187 Å². The Balaban J connectivity index is 1.43. The first kappa shape index (κ1) is 23.7. The monoisotopic (exact) mass is 428 g/mol. The molecular formula is C25H40N4O2. The fourth-order valence-electron chi connectivity index (χ4n) is 4.84. The minimum absolute atomic E-state index is 0.0216. The Hall–Kier alpha value is -1.92. The first-order chi connectivity index (χ1) is 14.8. The molecule has 2 aliphatic rings. The van der Waals surface area contributed by atoms with Crippen molar-refractivity contribution < 1.29 is 9.59 Å². The van der Waals surface area contributed by atoms with Crippen LogP contribution in [0, 0.1) is 25.7 Å². The van der Waals surface area contributed by atoms with Gasteiger partial charge >= 0.3 is 0 Å². The van der Waals surface area contributed by atoms with E-state index in [0.717, 1.165) is 43.9 Å². The third-order valence-electron chi connectivity index (χ3n) is 7.61. The second-order valence-corrected chi connectivity index (χ2v) is 9.67. The lowest BCUT2D eigenvalue weighted by Gasteiger charge is -2.39. The van der Waals surface area contributed by atoms with Crippen molar-refractivity contribution in [2.75, 3.05) is 38.0 Å². The highest BCUT2D eigenvalue weighted by Gasteiger charge is 2.31. The van der Waals surface area contributed by atoms with E-state index in [4.69, 9.17) is 0 Å². The second kappa shape index (κ2) is 10.6. The largest absolute Gasteiger partial charge is 0.352 e. The molecule has 0 radical (unpaired) electrons. The molecule has 0 aromatic heterocycles.